The number of benzene rings is 1. The first-order valence-electron chi connectivity index (χ1n) is 7.00. The second-order valence-corrected chi connectivity index (χ2v) is 7.11. The van der Waals surface area contributed by atoms with E-state index in [1.54, 1.807) is 0 Å². The molecule has 2 heteroatoms. The van der Waals surface area contributed by atoms with Gasteiger partial charge in [-0.25, -0.2) is 0 Å². The number of nitrogens with one attached hydrogen (secondary N) is 1. The third-order valence-electron chi connectivity index (χ3n) is 4.25. The van der Waals surface area contributed by atoms with Gasteiger partial charge in [-0.3, -0.25) is 0 Å². The monoisotopic (exact) mass is 271 g/mol. The van der Waals surface area contributed by atoms with Crippen molar-refractivity contribution in [3.8, 4) is 0 Å². The third kappa shape index (κ3) is 2.60. The molecule has 0 spiro atoms. The minimum Gasteiger partial charge on any atom is -0.305 e. The fraction of sp³-hybridized carbons (Fsp3) is 0.412. The second kappa shape index (κ2) is 5.10. The molecule has 2 aromatic rings. The lowest BCUT2D eigenvalue weighted by Crippen LogP contribution is -2.37. The number of hydrogen-bond acceptors (Lipinski definition) is 2. The molecule has 0 bridgehead atoms. The quantitative estimate of drug-likeness (QED) is 0.863. The van der Waals surface area contributed by atoms with Gasteiger partial charge in [-0.15, -0.1) is 11.3 Å². The van der Waals surface area contributed by atoms with Crippen molar-refractivity contribution in [3.05, 3.63) is 57.8 Å². The maximum atomic E-state index is 3.78. The molecule has 1 aromatic heterocycles. The Kier molecular flexibility index (Phi) is 3.46. The van der Waals surface area contributed by atoms with Gasteiger partial charge in [-0.05, 0) is 40.8 Å². The zero-order chi connectivity index (χ0) is 13.3. The molecule has 1 atom stereocenters. The van der Waals surface area contributed by atoms with Crippen LogP contribution in [0.15, 0.2) is 41.8 Å². The lowest BCUT2D eigenvalue weighted by atomic mass is 9.70. The summed E-state index contributed by atoms with van der Waals surface area (Å²) >= 11 is 1.83. The summed E-state index contributed by atoms with van der Waals surface area (Å²) in [6.45, 7) is 5.74. The molecule has 1 N–H and O–H groups in total. The minimum absolute atomic E-state index is 0.325. The van der Waals surface area contributed by atoms with Crippen LogP contribution in [0.1, 0.15) is 42.3 Å². The van der Waals surface area contributed by atoms with Crippen LogP contribution in [0, 0.1) is 5.41 Å². The fourth-order valence-corrected chi connectivity index (χ4v) is 3.72. The van der Waals surface area contributed by atoms with Crippen molar-refractivity contribution in [1.82, 2.24) is 5.32 Å². The molecule has 100 valence electrons. The van der Waals surface area contributed by atoms with Crippen molar-refractivity contribution >= 4 is 11.3 Å². The van der Waals surface area contributed by atoms with E-state index in [1.807, 2.05) is 11.3 Å². The van der Waals surface area contributed by atoms with Gasteiger partial charge in [-0.2, -0.15) is 0 Å². The van der Waals surface area contributed by atoms with Gasteiger partial charge in [0.15, 0.2) is 0 Å². The van der Waals surface area contributed by atoms with Crippen LogP contribution >= 0.6 is 11.3 Å². The van der Waals surface area contributed by atoms with E-state index in [4.69, 9.17) is 0 Å². The van der Waals surface area contributed by atoms with Crippen molar-refractivity contribution in [2.45, 2.75) is 39.3 Å². The van der Waals surface area contributed by atoms with Crippen LogP contribution in [0.25, 0.3) is 0 Å². The molecular formula is C17H21NS. The number of hydrogen-bond donors (Lipinski definition) is 1. The fourth-order valence-electron chi connectivity index (χ4n) is 3.07. The molecule has 0 saturated carbocycles. The Labute approximate surface area is 119 Å². The molecule has 0 saturated heterocycles. The summed E-state index contributed by atoms with van der Waals surface area (Å²) in [5.74, 6) is 0. The highest BCUT2D eigenvalue weighted by molar-refractivity contribution is 7.09. The largest absolute Gasteiger partial charge is 0.305 e. The Bertz CT molecular complexity index is 542. The number of thiophene rings is 1. The SMILES string of the molecule is CC1(C)CCc2ccccc2C1NCc1cccs1. The third-order valence-corrected chi connectivity index (χ3v) is 5.12. The standard InChI is InChI=1S/C17H21NS/c1-17(2)10-9-13-6-3-4-8-15(13)16(17)18-12-14-7-5-11-19-14/h3-8,11,16,18H,9-10,12H2,1-2H3. The molecule has 1 nitrogen and oxygen atoms in total. The zero-order valence-electron chi connectivity index (χ0n) is 11.6. The van der Waals surface area contributed by atoms with Gasteiger partial charge in [0.2, 0.25) is 0 Å². The van der Waals surface area contributed by atoms with Crippen LogP contribution in [0.5, 0.6) is 0 Å². The summed E-state index contributed by atoms with van der Waals surface area (Å²) in [5.41, 5.74) is 3.34. The molecule has 3 rings (SSSR count). The Morgan fingerprint density at radius 1 is 1.21 bits per heavy atom. The van der Waals surface area contributed by atoms with Gasteiger partial charge in [0, 0.05) is 17.5 Å². The Balaban J connectivity index is 1.84. The van der Waals surface area contributed by atoms with Gasteiger partial charge >= 0.3 is 0 Å². The van der Waals surface area contributed by atoms with Crippen LogP contribution in [-0.2, 0) is 13.0 Å². The van der Waals surface area contributed by atoms with Crippen molar-refractivity contribution < 1.29 is 0 Å². The van der Waals surface area contributed by atoms with Gasteiger partial charge in [0.05, 0.1) is 0 Å². The van der Waals surface area contributed by atoms with E-state index in [0.717, 1.165) is 6.54 Å². The number of fused-ring (bicyclic) bond motifs is 1. The van der Waals surface area contributed by atoms with E-state index >= 15 is 0 Å². The normalized spacial score (nSPS) is 21.1. The first-order chi connectivity index (χ1) is 9.17. The summed E-state index contributed by atoms with van der Waals surface area (Å²) < 4.78 is 0. The first-order valence-corrected chi connectivity index (χ1v) is 7.88. The zero-order valence-corrected chi connectivity index (χ0v) is 12.5. The van der Waals surface area contributed by atoms with Crippen LogP contribution in [0.2, 0.25) is 0 Å². The highest BCUT2D eigenvalue weighted by atomic mass is 32.1. The molecule has 0 aliphatic heterocycles. The number of rotatable bonds is 3. The molecule has 1 unspecified atom stereocenters. The highest BCUT2D eigenvalue weighted by Gasteiger charge is 2.35. The van der Waals surface area contributed by atoms with Crippen LogP contribution in [0.4, 0.5) is 0 Å². The topological polar surface area (TPSA) is 12.0 Å². The summed E-state index contributed by atoms with van der Waals surface area (Å²) in [6.07, 6.45) is 2.46. The highest BCUT2D eigenvalue weighted by Crippen LogP contribution is 2.43. The Morgan fingerprint density at radius 3 is 2.84 bits per heavy atom. The van der Waals surface area contributed by atoms with Crippen LogP contribution in [0.3, 0.4) is 0 Å². The van der Waals surface area contributed by atoms with Crippen molar-refractivity contribution in [2.24, 2.45) is 5.41 Å². The minimum atomic E-state index is 0.325. The summed E-state index contributed by atoms with van der Waals surface area (Å²) in [6, 6.07) is 13.7. The van der Waals surface area contributed by atoms with E-state index in [2.05, 4.69) is 60.9 Å². The molecule has 1 heterocycles. The van der Waals surface area contributed by atoms with Crippen LogP contribution < -0.4 is 5.32 Å². The second-order valence-electron chi connectivity index (χ2n) is 6.08. The molecule has 1 aliphatic carbocycles. The predicted octanol–water partition coefficient (Wildman–Crippen LogP) is 4.55. The molecule has 1 aliphatic rings. The summed E-state index contributed by atoms with van der Waals surface area (Å²) in [5, 5.41) is 5.93. The van der Waals surface area contributed by atoms with Crippen molar-refractivity contribution in [3.63, 3.8) is 0 Å². The Hall–Kier alpha value is -1.12. The average Bonchev–Trinajstić information content (AvgIpc) is 2.90. The first kappa shape index (κ1) is 12.9. The van der Waals surface area contributed by atoms with E-state index in [9.17, 15) is 0 Å². The van der Waals surface area contributed by atoms with E-state index < -0.39 is 0 Å². The molecular weight excluding hydrogens is 250 g/mol. The van der Waals surface area contributed by atoms with Gasteiger partial charge < -0.3 is 5.32 Å². The van der Waals surface area contributed by atoms with Gasteiger partial charge in [0.1, 0.15) is 0 Å². The predicted molar refractivity (Wildman–Crippen MR) is 82.4 cm³/mol. The summed E-state index contributed by atoms with van der Waals surface area (Å²) in [7, 11) is 0. The molecule has 0 amide bonds. The van der Waals surface area contributed by atoms with E-state index in [0.29, 0.717) is 11.5 Å². The van der Waals surface area contributed by atoms with Crippen molar-refractivity contribution in [1.29, 1.82) is 0 Å². The van der Waals surface area contributed by atoms with Gasteiger partial charge in [-0.1, -0.05) is 44.2 Å². The molecule has 0 fully saturated rings. The maximum absolute atomic E-state index is 3.78. The molecule has 1 aromatic carbocycles. The lowest BCUT2D eigenvalue weighted by molar-refractivity contribution is 0.208. The number of aryl methyl sites for hydroxylation is 1. The van der Waals surface area contributed by atoms with Crippen molar-refractivity contribution in [2.75, 3.05) is 0 Å². The average molecular weight is 271 g/mol. The van der Waals surface area contributed by atoms with Crippen LogP contribution in [-0.4, -0.2) is 0 Å². The summed E-state index contributed by atoms with van der Waals surface area (Å²) in [4.78, 5) is 1.42. The molecule has 19 heavy (non-hydrogen) atoms. The smallest absolute Gasteiger partial charge is 0.0377 e. The maximum Gasteiger partial charge on any atom is 0.0377 e. The van der Waals surface area contributed by atoms with E-state index in [1.165, 1.54) is 28.8 Å². The Morgan fingerprint density at radius 2 is 2.05 bits per heavy atom. The lowest BCUT2D eigenvalue weighted by Gasteiger charge is -2.40. The van der Waals surface area contributed by atoms with Gasteiger partial charge in [0.25, 0.3) is 0 Å². The van der Waals surface area contributed by atoms with E-state index in [-0.39, 0.29) is 0 Å². The molecule has 0 radical (unpaired) electrons.